The van der Waals surface area contributed by atoms with E-state index in [-0.39, 0.29) is 0 Å². The van der Waals surface area contributed by atoms with E-state index in [1.165, 1.54) is 43.5 Å². The molecule has 0 bridgehead atoms. The van der Waals surface area contributed by atoms with E-state index in [2.05, 4.69) is 75.1 Å². The van der Waals surface area contributed by atoms with E-state index in [9.17, 15) is 0 Å². The third-order valence-electron chi connectivity index (χ3n) is 5.49. The molecule has 1 heterocycles. The second-order valence-electron chi connectivity index (χ2n) is 7.57. The maximum atomic E-state index is 2.67. The SMILES string of the molecule is CC.CCCCC1CN(C(C)c2ccccc2)CC1C.Cc1ccccc1. The zero-order valence-electron chi connectivity index (χ0n) is 18.5. The quantitative estimate of drug-likeness (QED) is 0.528. The van der Waals surface area contributed by atoms with Crippen molar-refractivity contribution in [2.24, 2.45) is 11.8 Å². The lowest BCUT2D eigenvalue weighted by molar-refractivity contribution is 0.248. The number of unbranched alkanes of at least 4 members (excludes halogenated alkanes) is 1. The fourth-order valence-corrected chi connectivity index (χ4v) is 3.71. The summed E-state index contributed by atoms with van der Waals surface area (Å²) in [6.07, 6.45) is 4.13. The Balaban J connectivity index is 0.000000338. The highest BCUT2D eigenvalue weighted by molar-refractivity contribution is 5.18. The molecule has 1 heteroatoms. The second kappa shape index (κ2) is 13.6. The van der Waals surface area contributed by atoms with Gasteiger partial charge in [0.25, 0.3) is 0 Å². The Hall–Kier alpha value is -1.60. The van der Waals surface area contributed by atoms with Crippen LogP contribution in [-0.4, -0.2) is 18.0 Å². The molecule has 1 aliphatic rings. The van der Waals surface area contributed by atoms with Gasteiger partial charge in [0.1, 0.15) is 0 Å². The van der Waals surface area contributed by atoms with E-state index in [1.54, 1.807) is 0 Å². The van der Waals surface area contributed by atoms with Gasteiger partial charge in [-0.2, -0.15) is 0 Å². The fourth-order valence-electron chi connectivity index (χ4n) is 3.71. The van der Waals surface area contributed by atoms with Crippen molar-refractivity contribution in [2.75, 3.05) is 13.1 Å². The molecule has 3 rings (SSSR count). The van der Waals surface area contributed by atoms with Gasteiger partial charge in [-0.1, -0.05) is 107 Å². The Labute approximate surface area is 168 Å². The highest BCUT2D eigenvalue weighted by atomic mass is 15.2. The number of hydrogen-bond acceptors (Lipinski definition) is 1. The van der Waals surface area contributed by atoms with Gasteiger partial charge >= 0.3 is 0 Å². The Morgan fingerprint density at radius 2 is 1.48 bits per heavy atom. The first-order chi connectivity index (χ1) is 13.1. The molecule has 1 fully saturated rings. The average molecular weight is 368 g/mol. The molecule has 0 aromatic heterocycles. The monoisotopic (exact) mass is 367 g/mol. The molecule has 0 aliphatic carbocycles. The van der Waals surface area contributed by atoms with Crippen molar-refractivity contribution in [3.8, 4) is 0 Å². The summed E-state index contributed by atoms with van der Waals surface area (Å²) >= 11 is 0. The van der Waals surface area contributed by atoms with Gasteiger partial charge in [-0.15, -0.1) is 0 Å². The summed E-state index contributed by atoms with van der Waals surface area (Å²) in [7, 11) is 0. The van der Waals surface area contributed by atoms with Crippen LogP contribution in [0.3, 0.4) is 0 Å². The van der Waals surface area contributed by atoms with Gasteiger partial charge in [0.05, 0.1) is 0 Å². The third kappa shape index (κ3) is 8.30. The van der Waals surface area contributed by atoms with Crippen LogP contribution in [0.25, 0.3) is 0 Å². The molecule has 3 unspecified atom stereocenters. The molecule has 1 aliphatic heterocycles. The molecule has 2 aromatic carbocycles. The topological polar surface area (TPSA) is 3.24 Å². The van der Waals surface area contributed by atoms with Crippen LogP contribution in [0.4, 0.5) is 0 Å². The van der Waals surface area contributed by atoms with Gasteiger partial charge in [-0.25, -0.2) is 0 Å². The minimum absolute atomic E-state index is 0.570. The molecular formula is C26H41N. The first-order valence-corrected chi connectivity index (χ1v) is 10.9. The number of hydrogen-bond donors (Lipinski definition) is 0. The summed E-state index contributed by atoms with van der Waals surface area (Å²) in [6, 6.07) is 21.8. The maximum Gasteiger partial charge on any atom is 0.0320 e. The minimum atomic E-state index is 0.570. The number of benzene rings is 2. The van der Waals surface area contributed by atoms with Crippen LogP contribution in [0.5, 0.6) is 0 Å². The van der Waals surface area contributed by atoms with E-state index < -0.39 is 0 Å². The van der Waals surface area contributed by atoms with Crippen molar-refractivity contribution >= 4 is 0 Å². The highest BCUT2D eigenvalue weighted by Crippen LogP contribution is 2.33. The van der Waals surface area contributed by atoms with Gasteiger partial charge in [-0.3, -0.25) is 4.90 Å². The van der Waals surface area contributed by atoms with Crippen molar-refractivity contribution in [1.29, 1.82) is 0 Å². The molecular weight excluding hydrogens is 326 g/mol. The molecule has 0 spiro atoms. The summed E-state index contributed by atoms with van der Waals surface area (Å²) in [5.41, 5.74) is 2.78. The van der Waals surface area contributed by atoms with Gasteiger partial charge in [0.2, 0.25) is 0 Å². The smallest absolute Gasteiger partial charge is 0.0320 e. The predicted octanol–water partition coefficient (Wildman–Crippen LogP) is 7.53. The first kappa shape index (κ1) is 23.4. The molecule has 1 saturated heterocycles. The zero-order chi connectivity index (χ0) is 20.1. The first-order valence-electron chi connectivity index (χ1n) is 10.9. The molecule has 0 saturated carbocycles. The van der Waals surface area contributed by atoms with Crippen LogP contribution in [0, 0.1) is 18.8 Å². The van der Waals surface area contributed by atoms with E-state index in [0.717, 1.165) is 11.8 Å². The molecule has 0 amide bonds. The van der Waals surface area contributed by atoms with E-state index >= 15 is 0 Å². The lowest BCUT2D eigenvalue weighted by Gasteiger charge is -2.24. The molecule has 0 N–H and O–H groups in total. The van der Waals surface area contributed by atoms with Crippen molar-refractivity contribution in [1.82, 2.24) is 4.90 Å². The van der Waals surface area contributed by atoms with E-state index in [4.69, 9.17) is 0 Å². The number of likely N-dealkylation sites (tertiary alicyclic amines) is 1. The third-order valence-corrected chi connectivity index (χ3v) is 5.49. The van der Waals surface area contributed by atoms with Crippen molar-refractivity contribution in [2.45, 2.75) is 66.8 Å². The normalized spacial score (nSPS) is 20.1. The molecule has 1 nitrogen and oxygen atoms in total. The Morgan fingerprint density at radius 1 is 0.926 bits per heavy atom. The van der Waals surface area contributed by atoms with Crippen LogP contribution in [-0.2, 0) is 0 Å². The van der Waals surface area contributed by atoms with Crippen molar-refractivity contribution in [3.63, 3.8) is 0 Å². The van der Waals surface area contributed by atoms with Crippen LogP contribution >= 0.6 is 0 Å². The zero-order valence-corrected chi connectivity index (χ0v) is 18.5. The second-order valence-corrected chi connectivity index (χ2v) is 7.57. The minimum Gasteiger partial charge on any atom is -0.296 e. The summed E-state index contributed by atoms with van der Waals surface area (Å²) in [4.78, 5) is 2.67. The number of rotatable bonds is 5. The van der Waals surface area contributed by atoms with Gasteiger partial charge < -0.3 is 0 Å². The summed E-state index contributed by atoms with van der Waals surface area (Å²) < 4.78 is 0. The lowest BCUT2D eigenvalue weighted by atomic mass is 9.93. The van der Waals surface area contributed by atoms with Crippen molar-refractivity contribution < 1.29 is 0 Å². The Morgan fingerprint density at radius 3 is 1.96 bits per heavy atom. The summed E-state index contributed by atoms with van der Waals surface area (Å²) in [5.74, 6) is 1.78. The van der Waals surface area contributed by atoms with E-state index in [0.29, 0.717) is 6.04 Å². The summed E-state index contributed by atoms with van der Waals surface area (Å²) in [6.45, 7) is 15.7. The van der Waals surface area contributed by atoms with Gasteiger partial charge in [0, 0.05) is 19.1 Å². The highest BCUT2D eigenvalue weighted by Gasteiger charge is 2.31. The summed E-state index contributed by atoms with van der Waals surface area (Å²) in [5, 5.41) is 0. The predicted molar refractivity (Wildman–Crippen MR) is 121 cm³/mol. The Bertz CT molecular complexity index is 578. The van der Waals surface area contributed by atoms with Gasteiger partial charge in [0.15, 0.2) is 0 Å². The fraction of sp³-hybridized carbons (Fsp3) is 0.538. The lowest BCUT2D eigenvalue weighted by Crippen LogP contribution is -2.24. The van der Waals surface area contributed by atoms with Crippen LogP contribution < -0.4 is 0 Å². The largest absolute Gasteiger partial charge is 0.296 e. The molecule has 150 valence electrons. The Kier molecular flexibility index (Phi) is 11.8. The maximum absolute atomic E-state index is 2.67. The number of nitrogens with zero attached hydrogens (tertiary/aromatic N) is 1. The van der Waals surface area contributed by atoms with Crippen LogP contribution in [0.15, 0.2) is 60.7 Å². The van der Waals surface area contributed by atoms with Crippen LogP contribution in [0.1, 0.15) is 71.0 Å². The van der Waals surface area contributed by atoms with E-state index in [1.807, 2.05) is 32.0 Å². The van der Waals surface area contributed by atoms with Crippen molar-refractivity contribution in [3.05, 3.63) is 71.8 Å². The molecule has 27 heavy (non-hydrogen) atoms. The van der Waals surface area contributed by atoms with Crippen LogP contribution in [0.2, 0.25) is 0 Å². The average Bonchev–Trinajstić information content (AvgIpc) is 3.09. The standard InChI is InChI=1S/C17H27N.C7H8.C2H6/c1-4-5-9-17-13-18(12-14(17)2)15(3)16-10-7-6-8-11-16;1-7-5-3-2-4-6-7;1-2/h6-8,10-11,14-15,17H,4-5,9,12-13H2,1-3H3;2-6H,1H3;1-2H3. The molecule has 2 aromatic rings. The number of aryl methyl sites for hydroxylation is 1. The molecule has 0 radical (unpaired) electrons. The molecule has 3 atom stereocenters. The van der Waals surface area contributed by atoms with Gasteiger partial charge in [-0.05, 0) is 37.7 Å².